The molecule has 0 aromatic heterocycles. The molecule has 0 saturated carbocycles. The summed E-state index contributed by atoms with van der Waals surface area (Å²) in [5.41, 5.74) is 3.00. The van der Waals surface area contributed by atoms with Crippen molar-refractivity contribution >= 4 is 0 Å². The summed E-state index contributed by atoms with van der Waals surface area (Å²) in [6.07, 6.45) is 1.02. The standard InChI is InChI=1S/C16H15NO/c1-2-13-6-5-7-14(10-13)12-18-16-9-4-3-8-15(16)11-17/h3-10H,2,12H2,1H3. The van der Waals surface area contributed by atoms with Gasteiger partial charge in [-0.25, -0.2) is 0 Å². The van der Waals surface area contributed by atoms with Crippen molar-refractivity contribution in [2.45, 2.75) is 20.0 Å². The molecule has 0 aliphatic heterocycles. The lowest BCUT2D eigenvalue weighted by Crippen LogP contribution is -1.97. The number of ether oxygens (including phenoxy) is 1. The van der Waals surface area contributed by atoms with Crippen LogP contribution >= 0.6 is 0 Å². The summed E-state index contributed by atoms with van der Waals surface area (Å²) in [4.78, 5) is 0. The van der Waals surface area contributed by atoms with Gasteiger partial charge in [-0.3, -0.25) is 0 Å². The third-order valence-electron chi connectivity index (χ3n) is 2.80. The van der Waals surface area contributed by atoms with Gasteiger partial charge in [0.05, 0.1) is 5.56 Å². The first kappa shape index (κ1) is 12.2. The van der Waals surface area contributed by atoms with Gasteiger partial charge in [-0.15, -0.1) is 0 Å². The van der Waals surface area contributed by atoms with Crippen LogP contribution in [0.3, 0.4) is 0 Å². The van der Waals surface area contributed by atoms with Crippen molar-refractivity contribution in [1.29, 1.82) is 5.26 Å². The Morgan fingerprint density at radius 3 is 2.61 bits per heavy atom. The molecule has 90 valence electrons. The molecule has 0 saturated heterocycles. The summed E-state index contributed by atoms with van der Waals surface area (Å²) in [7, 11) is 0. The second kappa shape index (κ2) is 5.88. The van der Waals surface area contributed by atoms with E-state index in [4.69, 9.17) is 10.00 Å². The average molecular weight is 237 g/mol. The zero-order valence-electron chi connectivity index (χ0n) is 10.4. The molecule has 0 aliphatic rings. The Hall–Kier alpha value is -2.27. The monoisotopic (exact) mass is 237 g/mol. The molecule has 0 bridgehead atoms. The van der Waals surface area contributed by atoms with Crippen LogP contribution in [0.1, 0.15) is 23.6 Å². The van der Waals surface area contributed by atoms with Gasteiger partial charge in [0.2, 0.25) is 0 Å². The van der Waals surface area contributed by atoms with Gasteiger partial charge in [-0.05, 0) is 29.7 Å². The van der Waals surface area contributed by atoms with Crippen LogP contribution in [0.2, 0.25) is 0 Å². The van der Waals surface area contributed by atoms with Gasteiger partial charge in [0.25, 0.3) is 0 Å². The van der Waals surface area contributed by atoms with E-state index < -0.39 is 0 Å². The maximum absolute atomic E-state index is 8.97. The Bertz CT molecular complexity index is 569. The Morgan fingerprint density at radius 2 is 1.83 bits per heavy atom. The minimum absolute atomic E-state index is 0.493. The van der Waals surface area contributed by atoms with Gasteiger partial charge in [0.1, 0.15) is 18.4 Å². The lowest BCUT2D eigenvalue weighted by molar-refractivity contribution is 0.305. The van der Waals surface area contributed by atoms with E-state index in [1.165, 1.54) is 5.56 Å². The molecule has 0 spiro atoms. The number of para-hydroxylation sites is 1. The fraction of sp³-hybridized carbons (Fsp3) is 0.188. The van der Waals surface area contributed by atoms with Crippen molar-refractivity contribution in [3.8, 4) is 11.8 Å². The number of nitrogens with zero attached hydrogens (tertiary/aromatic N) is 1. The van der Waals surface area contributed by atoms with E-state index in [1.54, 1.807) is 6.07 Å². The molecule has 18 heavy (non-hydrogen) atoms. The number of aryl methyl sites for hydroxylation is 1. The van der Waals surface area contributed by atoms with Crippen LogP contribution in [0.5, 0.6) is 5.75 Å². The second-order valence-electron chi connectivity index (χ2n) is 4.07. The molecule has 2 aromatic rings. The topological polar surface area (TPSA) is 33.0 Å². The first-order valence-electron chi connectivity index (χ1n) is 6.03. The molecule has 2 heteroatoms. The van der Waals surface area contributed by atoms with E-state index in [9.17, 15) is 0 Å². The van der Waals surface area contributed by atoms with Crippen molar-refractivity contribution in [3.05, 3.63) is 65.2 Å². The van der Waals surface area contributed by atoms with Gasteiger partial charge < -0.3 is 4.74 Å². The van der Waals surface area contributed by atoms with Crippen LogP contribution in [0.4, 0.5) is 0 Å². The van der Waals surface area contributed by atoms with Crippen LogP contribution < -0.4 is 4.74 Å². The second-order valence-corrected chi connectivity index (χ2v) is 4.07. The van der Waals surface area contributed by atoms with Crippen molar-refractivity contribution in [3.63, 3.8) is 0 Å². The third kappa shape index (κ3) is 2.89. The molecular formula is C16H15NO. The minimum Gasteiger partial charge on any atom is -0.488 e. The van der Waals surface area contributed by atoms with Gasteiger partial charge in [0, 0.05) is 0 Å². The van der Waals surface area contributed by atoms with Crippen LogP contribution in [0.15, 0.2) is 48.5 Å². The molecule has 2 rings (SSSR count). The Morgan fingerprint density at radius 1 is 1.06 bits per heavy atom. The van der Waals surface area contributed by atoms with E-state index in [-0.39, 0.29) is 0 Å². The molecule has 0 fully saturated rings. The number of hydrogen-bond donors (Lipinski definition) is 0. The first-order valence-corrected chi connectivity index (χ1v) is 6.03. The Kier molecular flexibility index (Phi) is 3.98. The largest absolute Gasteiger partial charge is 0.488 e. The van der Waals surface area contributed by atoms with E-state index in [0.717, 1.165) is 12.0 Å². The molecular weight excluding hydrogens is 222 g/mol. The first-order chi connectivity index (χ1) is 8.83. The van der Waals surface area contributed by atoms with Crippen LogP contribution in [0.25, 0.3) is 0 Å². The normalized spacial score (nSPS) is 9.78. The van der Waals surface area contributed by atoms with Gasteiger partial charge >= 0.3 is 0 Å². The molecule has 2 nitrogen and oxygen atoms in total. The highest BCUT2D eigenvalue weighted by Gasteiger charge is 2.02. The summed E-state index contributed by atoms with van der Waals surface area (Å²) in [5.74, 6) is 0.641. The minimum atomic E-state index is 0.493. The predicted molar refractivity (Wildman–Crippen MR) is 71.3 cm³/mol. The van der Waals surface area contributed by atoms with Crippen molar-refractivity contribution < 1.29 is 4.74 Å². The lowest BCUT2D eigenvalue weighted by atomic mass is 10.1. The highest BCUT2D eigenvalue weighted by Crippen LogP contribution is 2.18. The van der Waals surface area contributed by atoms with Gasteiger partial charge in [0.15, 0.2) is 0 Å². The molecule has 0 aliphatic carbocycles. The quantitative estimate of drug-likeness (QED) is 0.812. The highest BCUT2D eigenvalue weighted by atomic mass is 16.5. The highest BCUT2D eigenvalue weighted by molar-refractivity contribution is 5.42. The number of benzene rings is 2. The number of rotatable bonds is 4. The summed E-state index contributed by atoms with van der Waals surface area (Å²) in [6, 6.07) is 17.7. The molecule has 0 radical (unpaired) electrons. The fourth-order valence-corrected chi connectivity index (χ4v) is 1.79. The molecule has 2 aromatic carbocycles. The zero-order chi connectivity index (χ0) is 12.8. The summed E-state index contributed by atoms with van der Waals surface area (Å²) >= 11 is 0. The predicted octanol–water partition coefficient (Wildman–Crippen LogP) is 3.70. The SMILES string of the molecule is CCc1cccc(COc2ccccc2C#N)c1. The van der Waals surface area contributed by atoms with Crippen LogP contribution in [-0.2, 0) is 13.0 Å². The molecule has 0 heterocycles. The fourth-order valence-electron chi connectivity index (χ4n) is 1.79. The number of nitriles is 1. The Labute approximate surface area is 107 Å². The Balaban J connectivity index is 2.09. The van der Waals surface area contributed by atoms with Gasteiger partial charge in [-0.1, -0.05) is 43.3 Å². The average Bonchev–Trinajstić information content (AvgIpc) is 2.45. The molecule has 0 atom stereocenters. The molecule has 0 N–H and O–H groups in total. The van der Waals surface area contributed by atoms with E-state index in [2.05, 4.69) is 25.1 Å². The van der Waals surface area contributed by atoms with Crippen molar-refractivity contribution in [2.24, 2.45) is 0 Å². The number of hydrogen-bond acceptors (Lipinski definition) is 2. The summed E-state index contributed by atoms with van der Waals surface area (Å²) in [5, 5.41) is 8.97. The van der Waals surface area contributed by atoms with E-state index in [0.29, 0.717) is 17.9 Å². The lowest BCUT2D eigenvalue weighted by Gasteiger charge is -2.08. The zero-order valence-corrected chi connectivity index (χ0v) is 10.4. The van der Waals surface area contributed by atoms with Crippen molar-refractivity contribution in [1.82, 2.24) is 0 Å². The summed E-state index contributed by atoms with van der Waals surface area (Å²) < 4.78 is 5.69. The third-order valence-corrected chi connectivity index (χ3v) is 2.80. The summed E-state index contributed by atoms with van der Waals surface area (Å²) in [6.45, 7) is 2.62. The van der Waals surface area contributed by atoms with Crippen molar-refractivity contribution in [2.75, 3.05) is 0 Å². The maximum Gasteiger partial charge on any atom is 0.137 e. The van der Waals surface area contributed by atoms with Crippen LogP contribution in [0, 0.1) is 11.3 Å². The maximum atomic E-state index is 8.97. The molecule has 0 amide bonds. The van der Waals surface area contributed by atoms with E-state index >= 15 is 0 Å². The smallest absolute Gasteiger partial charge is 0.137 e. The molecule has 0 unspecified atom stereocenters. The van der Waals surface area contributed by atoms with Crippen LogP contribution in [-0.4, -0.2) is 0 Å². The van der Waals surface area contributed by atoms with E-state index in [1.807, 2.05) is 30.3 Å². The van der Waals surface area contributed by atoms with Gasteiger partial charge in [-0.2, -0.15) is 5.26 Å².